The molecule has 162 valence electrons. The summed E-state index contributed by atoms with van der Waals surface area (Å²) in [6, 6.07) is 15.5. The number of Topliss-reactive ketones (excluding diaryl/α,β-unsaturated/α-hetero) is 1. The molecule has 1 aliphatic heterocycles. The number of ketones is 1. The van der Waals surface area contributed by atoms with Gasteiger partial charge in [0.1, 0.15) is 18.1 Å². The molecule has 6 heteroatoms. The van der Waals surface area contributed by atoms with E-state index in [4.69, 9.17) is 4.74 Å². The normalized spacial score (nSPS) is 17.9. The second-order valence-corrected chi connectivity index (χ2v) is 7.68. The SMILES string of the molecule is C=CCOc1ccc(/C(O)=C2/C(=O)C(=O)N(CCCN(C)C)C2c2ccccc2)cc1. The minimum absolute atomic E-state index is 0.112. The van der Waals surface area contributed by atoms with E-state index in [-0.39, 0.29) is 11.3 Å². The zero-order chi connectivity index (χ0) is 22.4. The average molecular weight is 421 g/mol. The first kappa shape index (κ1) is 22.3. The van der Waals surface area contributed by atoms with Crippen LogP contribution in [0.1, 0.15) is 23.6 Å². The number of amides is 1. The third-order valence-electron chi connectivity index (χ3n) is 5.16. The highest BCUT2D eigenvalue weighted by Crippen LogP contribution is 2.39. The fourth-order valence-electron chi connectivity index (χ4n) is 3.67. The molecule has 1 heterocycles. The molecule has 2 aromatic rings. The van der Waals surface area contributed by atoms with E-state index in [1.54, 1.807) is 35.2 Å². The van der Waals surface area contributed by atoms with Crippen LogP contribution >= 0.6 is 0 Å². The van der Waals surface area contributed by atoms with Crippen molar-refractivity contribution in [3.8, 4) is 5.75 Å². The molecule has 3 rings (SSSR count). The van der Waals surface area contributed by atoms with Crippen molar-refractivity contribution < 1.29 is 19.4 Å². The molecule has 2 aromatic carbocycles. The number of ether oxygens (including phenoxy) is 1. The lowest BCUT2D eigenvalue weighted by molar-refractivity contribution is -0.139. The fraction of sp³-hybridized carbons (Fsp3) is 0.280. The van der Waals surface area contributed by atoms with Crippen LogP contribution in [0.2, 0.25) is 0 Å². The topological polar surface area (TPSA) is 70.1 Å². The molecule has 0 aromatic heterocycles. The summed E-state index contributed by atoms with van der Waals surface area (Å²) in [5.74, 6) is -0.805. The van der Waals surface area contributed by atoms with Crippen molar-refractivity contribution in [1.82, 2.24) is 9.80 Å². The second-order valence-electron chi connectivity index (χ2n) is 7.68. The summed E-state index contributed by atoms with van der Waals surface area (Å²) in [6.45, 7) is 5.20. The Morgan fingerprint density at radius 1 is 1.13 bits per heavy atom. The highest BCUT2D eigenvalue weighted by atomic mass is 16.5. The molecule has 0 aliphatic carbocycles. The molecule has 1 aliphatic rings. The fourth-order valence-corrected chi connectivity index (χ4v) is 3.67. The molecular weight excluding hydrogens is 392 g/mol. The molecule has 0 saturated carbocycles. The highest BCUT2D eigenvalue weighted by molar-refractivity contribution is 6.46. The molecule has 31 heavy (non-hydrogen) atoms. The molecule has 1 unspecified atom stereocenters. The van der Waals surface area contributed by atoms with Gasteiger partial charge >= 0.3 is 0 Å². The standard InChI is InChI=1S/C25H28N2O4/c1-4-17-31-20-13-11-19(12-14-20)23(28)21-22(18-9-6-5-7-10-18)27(25(30)24(21)29)16-8-15-26(2)3/h4-7,9-14,22,28H,1,8,15-17H2,2-3H3/b23-21-. The first-order valence-electron chi connectivity index (χ1n) is 10.3. The van der Waals surface area contributed by atoms with Gasteiger partial charge in [-0.2, -0.15) is 0 Å². The monoisotopic (exact) mass is 420 g/mol. The summed E-state index contributed by atoms with van der Waals surface area (Å²) in [4.78, 5) is 29.4. The maximum Gasteiger partial charge on any atom is 0.295 e. The summed E-state index contributed by atoms with van der Waals surface area (Å²) >= 11 is 0. The van der Waals surface area contributed by atoms with E-state index >= 15 is 0 Å². The van der Waals surface area contributed by atoms with Crippen molar-refractivity contribution in [2.24, 2.45) is 0 Å². The smallest absolute Gasteiger partial charge is 0.295 e. The van der Waals surface area contributed by atoms with E-state index in [2.05, 4.69) is 6.58 Å². The van der Waals surface area contributed by atoms with Gasteiger partial charge in [-0.3, -0.25) is 9.59 Å². The highest BCUT2D eigenvalue weighted by Gasteiger charge is 2.45. The van der Waals surface area contributed by atoms with Crippen molar-refractivity contribution in [1.29, 1.82) is 0 Å². The predicted octanol–water partition coefficient (Wildman–Crippen LogP) is 3.62. The minimum Gasteiger partial charge on any atom is -0.507 e. The quantitative estimate of drug-likeness (QED) is 0.290. The Morgan fingerprint density at radius 3 is 2.42 bits per heavy atom. The van der Waals surface area contributed by atoms with Crippen LogP contribution in [0.15, 0.2) is 72.8 Å². The van der Waals surface area contributed by atoms with Crippen molar-refractivity contribution in [2.45, 2.75) is 12.5 Å². The summed E-state index contributed by atoms with van der Waals surface area (Å²) in [6.07, 6.45) is 2.37. The molecule has 0 bridgehead atoms. The Bertz CT molecular complexity index is 965. The molecule has 1 fully saturated rings. The van der Waals surface area contributed by atoms with E-state index in [0.29, 0.717) is 24.5 Å². The van der Waals surface area contributed by atoms with Crippen LogP contribution in [0.3, 0.4) is 0 Å². The largest absolute Gasteiger partial charge is 0.507 e. The van der Waals surface area contributed by atoms with Crippen LogP contribution in [0.4, 0.5) is 0 Å². The molecule has 0 radical (unpaired) electrons. The van der Waals surface area contributed by atoms with Crippen LogP contribution in [-0.4, -0.2) is 60.4 Å². The zero-order valence-corrected chi connectivity index (χ0v) is 18.0. The number of benzene rings is 2. The molecular formula is C25H28N2O4. The van der Waals surface area contributed by atoms with Crippen LogP contribution in [0.5, 0.6) is 5.75 Å². The maximum atomic E-state index is 13.0. The summed E-state index contributed by atoms with van der Waals surface area (Å²) < 4.78 is 5.48. The Labute approximate surface area is 183 Å². The van der Waals surface area contributed by atoms with Gasteiger partial charge < -0.3 is 19.6 Å². The van der Waals surface area contributed by atoms with Crippen molar-refractivity contribution in [3.05, 3.63) is 84.0 Å². The third-order valence-corrected chi connectivity index (χ3v) is 5.16. The van der Waals surface area contributed by atoms with E-state index < -0.39 is 17.7 Å². The third kappa shape index (κ3) is 5.03. The zero-order valence-electron chi connectivity index (χ0n) is 18.0. The number of carbonyl (C=O) groups excluding carboxylic acids is 2. The van der Waals surface area contributed by atoms with Gasteiger partial charge in [-0.05, 0) is 56.9 Å². The molecule has 1 saturated heterocycles. The molecule has 1 atom stereocenters. The number of likely N-dealkylation sites (tertiary alicyclic amines) is 1. The minimum atomic E-state index is -0.664. The van der Waals surface area contributed by atoms with Crippen molar-refractivity contribution >= 4 is 17.4 Å². The van der Waals surface area contributed by atoms with Crippen LogP contribution in [-0.2, 0) is 9.59 Å². The lowest BCUT2D eigenvalue weighted by atomic mass is 9.95. The molecule has 1 N–H and O–H groups in total. The van der Waals surface area contributed by atoms with E-state index in [9.17, 15) is 14.7 Å². The van der Waals surface area contributed by atoms with Gasteiger partial charge in [-0.15, -0.1) is 0 Å². The van der Waals surface area contributed by atoms with Gasteiger partial charge in [0, 0.05) is 12.1 Å². The number of hydrogen-bond acceptors (Lipinski definition) is 5. The number of aliphatic hydroxyl groups is 1. The van der Waals surface area contributed by atoms with E-state index in [1.807, 2.05) is 49.3 Å². The van der Waals surface area contributed by atoms with Crippen LogP contribution in [0, 0.1) is 0 Å². The van der Waals surface area contributed by atoms with Gasteiger partial charge in [-0.25, -0.2) is 0 Å². The second kappa shape index (κ2) is 10.1. The maximum absolute atomic E-state index is 13.0. The Morgan fingerprint density at radius 2 is 1.81 bits per heavy atom. The van der Waals surface area contributed by atoms with Gasteiger partial charge in [-0.1, -0.05) is 43.0 Å². The number of carbonyl (C=O) groups is 2. The number of nitrogens with zero attached hydrogens (tertiary/aromatic N) is 2. The first-order valence-corrected chi connectivity index (χ1v) is 10.3. The number of rotatable bonds is 9. The molecule has 0 spiro atoms. The van der Waals surface area contributed by atoms with Crippen molar-refractivity contribution in [3.63, 3.8) is 0 Å². The lowest BCUT2D eigenvalue weighted by Crippen LogP contribution is -2.32. The summed E-state index contributed by atoms with van der Waals surface area (Å²) in [5, 5.41) is 11.1. The Hall–Kier alpha value is -3.38. The van der Waals surface area contributed by atoms with Crippen LogP contribution in [0.25, 0.3) is 5.76 Å². The summed E-state index contributed by atoms with van der Waals surface area (Å²) in [5.41, 5.74) is 1.36. The van der Waals surface area contributed by atoms with Crippen molar-refractivity contribution in [2.75, 3.05) is 33.8 Å². The summed E-state index contributed by atoms with van der Waals surface area (Å²) in [7, 11) is 3.93. The Kier molecular flexibility index (Phi) is 7.26. The first-order chi connectivity index (χ1) is 14.9. The van der Waals surface area contributed by atoms with Gasteiger partial charge in [0.25, 0.3) is 11.7 Å². The van der Waals surface area contributed by atoms with Gasteiger partial charge in [0.2, 0.25) is 0 Å². The molecule has 1 amide bonds. The van der Waals surface area contributed by atoms with E-state index in [1.165, 1.54) is 0 Å². The average Bonchev–Trinajstić information content (AvgIpc) is 3.03. The number of aliphatic hydroxyl groups excluding tert-OH is 1. The lowest BCUT2D eigenvalue weighted by Gasteiger charge is -2.26. The predicted molar refractivity (Wildman–Crippen MR) is 121 cm³/mol. The number of hydrogen-bond donors (Lipinski definition) is 1. The van der Waals surface area contributed by atoms with E-state index in [0.717, 1.165) is 18.5 Å². The van der Waals surface area contributed by atoms with Crippen LogP contribution < -0.4 is 4.74 Å². The van der Waals surface area contributed by atoms with Gasteiger partial charge in [0.15, 0.2) is 0 Å². The van der Waals surface area contributed by atoms with Gasteiger partial charge in [0.05, 0.1) is 11.6 Å². The Balaban J connectivity index is 2.00. The molecule has 6 nitrogen and oxygen atoms in total.